The molecule has 0 spiro atoms. The third kappa shape index (κ3) is 3.97. The number of carbonyl (C=O) groups excluding carboxylic acids is 2. The van der Waals surface area contributed by atoms with Gasteiger partial charge in [-0.05, 0) is 43.7 Å². The maximum atomic E-state index is 13.0. The average molecular weight is 373 g/mol. The van der Waals surface area contributed by atoms with E-state index in [0.29, 0.717) is 21.9 Å². The highest BCUT2D eigenvalue weighted by Gasteiger charge is 2.15. The molecule has 0 bridgehead atoms. The van der Waals surface area contributed by atoms with Crippen molar-refractivity contribution in [2.45, 2.75) is 20.3 Å². The van der Waals surface area contributed by atoms with Gasteiger partial charge in [-0.1, -0.05) is 17.3 Å². The number of hydrogen-bond acceptors (Lipinski definition) is 5. The van der Waals surface area contributed by atoms with Crippen LogP contribution in [0.15, 0.2) is 40.9 Å². The van der Waals surface area contributed by atoms with Gasteiger partial charge in [-0.15, -0.1) is 11.3 Å². The zero-order valence-electron chi connectivity index (χ0n) is 14.1. The number of hydrazine groups is 1. The number of thiophene rings is 1. The summed E-state index contributed by atoms with van der Waals surface area (Å²) in [6.45, 7) is 3.48. The van der Waals surface area contributed by atoms with Crippen LogP contribution in [0.5, 0.6) is 0 Å². The number of aromatic nitrogens is 1. The Hall–Kier alpha value is -3.00. The molecule has 0 atom stereocenters. The Balaban J connectivity index is 1.58. The quantitative estimate of drug-likeness (QED) is 0.688. The Labute approximate surface area is 153 Å². The standard InChI is InChI=1S/C18H16FN3O3S/c1-10-14(11(2)25-22-10)9-17(23)20-21-18(24)16-8-7-15(26-16)12-3-5-13(19)6-4-12/h3-8H,9H2,1-2H3,(H,20,23)(H,21,24). The van der Waals surface area contributed by atoms with E-state index < -0.39 is 5.91 Å². The van der Waals surface area contributed by atoms with Crippen molar-refractivity contribution in [2.24, 2.45) is 0 Å². The molecule has 134 valence electrons. The smallest absolute Gasteiger partial charge is 0.279 e. The summed E-state index contributed by atoms with van der Waals surface area (Å²) in [5.74, 6) is -0.533. The molecule has 6 nitrogen and oxygen atoms in total. The number of rotatable bonds is 4. The SMILES string of the molecule is Cc1noc(C)c1CC(=O)NNC(=O)c1ccc(-c2ccc(F)cc2)s1. The number of hydrogen-bond donors (Lipinski definition) is 2. The van der Waals surface area contributed by atoms with E-state index in [2.05, 4.69) is 16.0 Å². The molecule has 1 aromatic carbocycles. The zero-order valence-corrected chi connectivity index (χ0v) is 14.9. The summed E-state index contributed by atoms with van der Waals surface area (Å²) in [5.41, 5.74) is 6.93. The maximum Gasteiger partial charge on any atom is 0.279 e. The minimum atomic E-state index is -0.421. The van der Waals surface area contributed by atoms with E-state index >= 15 is 0 Å². The second-order valence-corrected chi connectivity index (χ2v) is 6.74. The van der Waals surface area contributed by atoms with Crippen LogP contribution in [0.25, 0.3) is 10.4 Å². The van der Waals surface area contributed by atoms with Crippen LogP contribution in [-0.4, -0.2) is 17.0 Å². The van der Waals surface area contributed by atoms with Crippen molar-refractivity contribution in [1.82, 2.24) is 16.0 Å². The first-order valence-electron chi connectivity index (χ1n) is 7.80. The van der Waals surface area contributed by atoms with E-state index in [1.54, 1.807) is 38.1 Å². The summed E-state index contributed by atoms with van der Waals surface area (Å²) in [7, 11) is 0. The molecular weight excluding hydrogens is 357 g/mol. The largest absolute Gasteiger partial charge is 0.361 e. The van der Waals surface area contributed by atoms with Gasteiger partial charge in [0, 0.05) is 10.4 Å². The van der Waals surface area contributed by atoms with Crippen molar-refractivity contribution in [1.29, 1.82) is 0 Å². The minimum Gasteiger partial charge on any atom is -0.361 e. The molecule has 2 aromatic heterocycles. The Kier molecular flexibility index (Phi) is 5.13. The van der Waals surface area contributed by atoms with Crippen molar-refractivity contribution in [2.75, 3.05) is 0 Å². The molecule has 0 radical (unpaired) electrons. The summed E-state index contributed by atoms with van der Waals surface area (Å²) >= 11 is 1.25. The lowest BCUT2D eigenvalue weighted by atomic mass is 10.1. The minimum absolute atomic E-state index is 0.0622. The van der Waals surface area contributed by atoms with Crippen molar-refractivity contribution in [3.8, 4) is 10.4 Å². The monoisotopic (exact) mass is 373 g/mol. The fraction of sp³-hybridized carbons (Fsp3) is 0.167. The van der Waals surface area contributed by atoms with Crippen LogP contribution in [0.3, 0.4) is 0 Å². The average Bonchev–Trinajstić information content (AvgIpc) is 3.23. The molecule has 26 heavy (non-hydrogen) atoms. The third-order valence-electron chi connectivity index (χ3n) is 3.79. The number of nitrogens with zero attached hydrogens (tertiary/aromatic N) is 1. The van der Waals surface area contributed by atoms with Gasteiger partial charge in [-0.3, -0.25) is 20.4 Å². The van der Waals surface area contributed by atoms with Crippen molar-refractivity contribution in [3.63, 3.8) is 0 Å². The maximum absolute atomic E-state index is 13.0. The first-order valence-corrected chi connectivity index (χ1v) is 8.62. The lowest BCUT2D eigenvalue weighted by Crippen LogP contribution is -2.42. The first-order chi connectivity index (χ1) is 12.4. The van der Waals surface area contributed by atoms with Crippen LogP contribution < -0.4 is 10.9 Å². The topological polar surface area (TPSA) is 84.2 Å². The molecule has 0 aliphatic heterocycles. The van der Waals surface area contributed by atoms with E-state index in [1.165, 1.54) is 23.5 Å². The number of benzene rings is 1. The van der Waals surface area contributed by atoms with Crippen molar-refractivity contribution < 1.29 is 18.5 Å². The summed E-state index contributed by atoms with van der Waals surface area (Å²) in [5, 5.41) is 3.78. The van der Waals surface area contributed by atoms with E-state index in [9.17, 15) is 14.0 Å². The predicted molar refractivity (Wildman–Crippen MR) is 95.0 cm³/mol. The summed E-state index contributed by atoms with van der Waals surface area (Å²) in [4.78, 5) is 25.4. The molecule has 8 heteroatoms. The number of halogens is 1. The molecule has 3 aromatic rings. The Morgan fingerprint density at radius 1 is 1.12 bits per heavy atom. The molecule has 2 amide bonds. The van der Waals surface area contributed by atoms with Gasteiger partial charge in [-0.2, -0.15) is 0 Å². The molecule has 0 saturated heterocycles. The fourth-order valence-electron chi connectivity index (χ4n) is 2.38. The van der Waals surface area contributed by atoms with Gasteiger partial charge in [0.25, 0.3) is 5.91 Å². The summed E-state index contributed by atoms with van der Waals surface area (Å²) in [6, 6.07) is 9.45. The van der Waals surface area contributed by atoms with Gasteiger partial charge >= 0.3 is 0 Å². The molecule has 2 N–H and O–H groups in total. The fourth-order valence-corrected chi connectivity index (χ4v) is 3.28. The highest BCUT2D eigenvalue weighted by Crippen LogP contribution is 2.28. The van der Waals surface area contributed by atoms with E-state index in [0.717, 1.165) is 10.4 Å². The number of nitrogens with one attached hydrogen (secondary N) is 2. The molecular formula is C18H16FN3O3S. The molecule has 0 saturated carbocycles. The number of aryl methyl sites for hydroxylation is 2. The van der Waals surface area contributed by atoms with E-state index in [4.69, 9.17) is 4.52 Å². The predicted octanol–water partition coefficient (Wildman–Crippen LogP) is 3.16. The van der Waals surface area contributed by atoms with Crippen LogP contribution in [0.1, 0.15) is 26.7 Å². The Morgan fingerprint density at radius 3 is 2.50 bits per heavy atom. The molecule has 2 heterocycles. The molecule has 0 unspecified atom stereocenters. The lowest BCUT2D eigenvalue weighted by molar-refractivity contribution is -0.121. The third-order valence-corrected chi connectivity index (χ3v) is 4.93. The highest BCUT2D eigenvalue weighted by atomic mass is 32.1. The molecule has 3 rings (SSSR count). The van der Waals surface area contributed by atoms with Gasteiger partial charge in [0.05, 0.1) is 17.0 Å². The van der Waals surface area contributed by atoms with Crippen molar-refractivity contribution >= 4 is 23.2 Å². The van der Waals surface area contributed by atoms with Crippen LogP contribution in [0, 0.1) is 19.7 Å². The van der Waals surface area contributed by atoms with Crippen LogP contribution in [0.2, 0.25) is 0 Å². The first kappa shape index (κ1) is 17.8. The van der Waals surface area contributed by atoms with Gasteiger partial charge in [0.15, 0.2) is 0 Å². The van der Waals surface area contributed by atoms with Gasteiger partial charge in [0.2, 0.25) is 5.91 Å². The normalized spacial score (nSPS) is 10.6. The van der Waals surface area contributed by atoms with Crippen LogP contribution in [-0.2, 0) is 11.2 Å². The van der Waals surface area contributed by atoms with E-state index in [-0.39, 0.29) is 18.1 Å². The van der Waals surface area contributed by atoms with Crippen LogP contribution >= 0.6 is 11.3 Å². The van der Waals surface area contributed by atoms with Crippen LogP contribution in [0.4, 0.5) is 4.39 Å². The Morgan fingerprint density at radius 2 is 1.85 bits per heavy atom. The Bertz CT molecular complexity index is 928. The highest BCUT2D eigenvalue weighted by molar-refractivity contribution is 7.17. The summed E-state index contributed by atoms with van der Waals surface area (Å²) < 4.78 is 18.0. The molecule has 0 aliphatic rings. The van der Waals surface area contributed by atoms with Gasteiger partial charge in [0.1, 0.15) is 11.6 Å². The lowest BCUT2D eigenvalue weighted by Gasteiger charge is -2.06. The second-order valence-electron chi connectivity index (χ2n) is 5.65. The van der Waals surface area contributed by atoms with Crippen molar-refractivity contribution in [3.05, 3.63) is 64.1 Å². The van der Waals surface area contributed by atoms with Gasteiger partial charge in [-0.25, -0.2) is 4.39 Å². The molecule has 0 fully saturated rings. The zero-order chi connectivity index (χ0) is 18.7. The molecule has 0 aliphatic carbocycles. The number of amides is 2. The van der Waals surface area contributed by atoms with Gasteiger partial charge < -0.3 is 4.52 Å². The number of carbonyl (C=O) groups is 2. The summed E-state index contributed by atoms with van der Waals surface area (Å²) in [6.07, 6.45) is 0.0622. The van der Waals surface area contributed by atoms with E-state index in [1.807, 2.05) is 0 Å². The second kappa shape index (κ2) is 7.49.